The zero-order valence-corrected chi connectivity index (χ0v) is 12.4. The van der Waals surface area contributed by atoms with Crippen molar-refractivity contribution in [2.24, 2.45) is 0 Å². The van der Waals surface area contributed by atoms with Gasteiger partial charge in [-0.2, -0.15) is 0 Å². The van der Waals surface area contributed by atoms with Crippen LogP contribution in [0, 0.1) is 5.82 Å². The fourth-order valence-electron chi connectivity index (χ4n) is 2.77. The Balaban J connectivity index is 1.72. The van der Waals surface area contributed by atoms with Crippen molar-refractivity contribution in [1.82, 2.24) is 14.9 Å². The number of anilines is 1. The first-order valence-corrected chi connectivity index (χ1v) is 7.21. The van der Waals surface area contributed by atoms with E-state index >= 15 is 0 Å². The molecular weight excluding hydrogens is 311 g/mol. The fraction of sp³-hybridized carbons (Fsp3) is 0.0588. The number of para-hydroxylation sites is 1. The normalized spacial score (nSPS) is 13.6. The summed E-state index contributed by atoms with van der Waals surface area (Å²) in [4.78, 5) is 34.2. The lowest BCUT2D eigenvalue weighted by Crippen LogP contribution is -2.30. The Hall–Kier alpha value is -3.35. The van der Waals surface area contributed by atoms with Gasteiger partial charge in [0.15, 0.2) is 5.82 Å². The van der Waals surface area contributed by atoms with Crippen LogP contribution in [0.1, 0.15) is 26.5 Å². The van der Waals surface area contributed by atoms with Gasteiger partial charge in [0.1, 0.15) is 11.6 Å². The van der Waals surface area contributed by atoms with Gasteiger partial charge in [0.25, 0.3) is 11.8 Å². The van der Waals surface area contributed by atoms with Gasteiger partial charge in [-0.3, -0.25) is 14.5 Å². The SMILES string of the molecule is Nc1nc(CN2C(=O)c3ccc(F)cc3C2=O)nc2ccccc12. The van der Waals surface area contributed by atoms with Crippen LogP contribution in [0.25, 0.3) is 10.9 Å². The highest BCUT2D eigenvalue weighted by molar-refractivity contribution is 6.21. The van der Waals surface area contributed by atoms with E-state index in [1.54, 1.807) is 12.1 Å². The maximum Gasteiger partial charge on any atom is 0.262 e. The number of halogens is 1. The van der Waals surface area contributed by atoms with E-state index in [0.717, 1.165) is 17.0 Å². The number of benzene rings is 2. The molecule has 0 aliphatic carbocycles. The van der Waals surface area contributed by atoms with Crippen LogP contribution < -0.4 is 5.73 Å². The van der Waals surface area contributed by atoms with Crippen LogP contribution in [0.2, 0.25) is 0 Å². The summed E-state index contributed by atoms with van der Waals surface area (Å²) in [6.45, 7) is -0.122. The predicted octanol–water partition coefficient (Wildman–Crippen LogP) is 2.15. The maximum absolute atomic E-state index is 13.3. The highest BCUT2D eigenvalue weighted by Gasteiger charge is 2.36. The molecule has 0 spiro atoms. The van der Waals surface area contributed by atoms with Crippen molar-refractivity contribution < 1.29 is 14.0 Å². The largest absolute Gasteiger partial charge is 0.383 e. The second-order valence-corrected chi connectivity index (χ2v) is 5.43. The third-order valence-corrected chi connectivity index (χ3v) is 3.91. The smallest absolute Gasteiger partial charge is 0.262 e. The summed E-state index contributed by atoms with van der Waals surface area (Å²) in [5.41, 5.74) is 6.77. The minimum atomic E-state index is -0.567. The zero-order chi connectivity index (χ0) is 16.8. The Bertz CT molecular complexity index is 1020. The number of rotatable bonds is 2. The molecule has 1 aliphatic heterocycles. The van der Waals surface area contributed by atoms with Gasteiger partial charge < -0.3 is 5.73 Å². The van der Waals surface area contributed by atoms with E-state index in [1.165, 1.54) is 6.07 Å². The van der Waals surface area contributed by atoms with Gasteiger partial charge >= 0.3 is 0 Å². The van der Waals surface area contributed by atoms with E-state index in [1.807, 2.05) is 12.1 Å². The number of hydrogen-bond acceptors (Lipinski definition) is 5. The van der Waals surface area contributed by atoms with Crippen LogP contribution in [-0.4, -0.2) is 26.7 Å². The second kappa shape index (κ2) is 5.09. The van der Waals surface area contributed by atoms with Gasteiger partial charge in [0, 0.05) is 5.39 Å². The highest BCUT2D eigenvalue weighted by Crippen LogP contribution is 2.25. The minimum absolute atomic E-state index is 0.0498. The molecule has 2 N–H and O–H groups in total. The zero-order valence-electron chi connectivity index (χ0n) is 12.4. The molecule has 6 nitrogen and oxygen atoms in total. The first kappa shape index (κ1) is 14.3. The molecule has 0 radical (unpaired) electrons. The van der Waals surface area contributed by atoms with Crippen LogP contribution >= 0.6 is 0 Å². The molecule has 2 heterocycles. The summed E-state index contributed by atoms with van der Waals surface area (Å²) >= 11 is 0. The number of carbonyl (C=O) groups is 2. The molecule has 0 unspecified atom stereocenters. The monoisotopic (exact) mass is 322 g/mol. The molecule has 7 heteroatoms. The Morgan fingerprint density at radius 2 is 1.75 bits per heavy atom. The third-order valence-electron chi connectivity index (χ3n) is 3.91. The van der Waals surface area contributed by atoms with E-state index in [2.05, 4.69) is 9.97 Å². The molecule has 0 saturated heterocycles. The Morgan fingerprint density at radius 3 is 2.58 bits per heavy atom. The summed E-state index contributed by atoms with van der Waals surface area (Å²) in [6.07, 6.45) is 0. The average molecular weight is 322 g/mol. The molecule has 1 aromatic heterocycles. The van der Waals surface area contributed by atoms with Crippen molar-refractivity contribution in [2.75, 3.05) is 5.73 Å². The number of nitrogens with two attached hydrogens (primary N) is 1. The molecule has 4 rings (SSSR count). The van der Waals surface area contributed by atoms with Gasteiger partial charge in [0.2, 0.25) is 0 Å². The molecular formula is C17H11FN4O2. The van der Waals surface area contributed by atoms with Crippen LogP contribution in [0.3, 0.4) is 0 Å². The molecule has 0 atom stereocenters. The Morgan fingerprint density at radius 1 is 1.00 bits per heavy atom. The predicted molar refractivity (Wildman–Crippen MR) is 84.6 cm³/mol. The topological polar surface area (TPSA) is 89.2 Å². The lowest BCUT2D eigenvalue weighted by atomic mass is 10.1. The van der Waals surface area contributed by atoms with Gasteiger partial charge in [-0.15, -0.1) is 0 Å². The van der Waals surface area contributed by atoms with Crippen LogP contribution in [0.5, 0.6) is 0 Å². The summed E-state index contributed by atoms with van der Waals surface area (Å²) in [7, 11) is 0. The van der Waals surface area contributed by atoms with E-state index in [4.69, 9.17) is 5.73 Å². The molecule has 2 aromatic carbocycles. The fourth-order valence-corrected chi connectivity index (χ4v) is 2.77. The van der Waals surface area contributed by atoms with Gasteiger partial charge in [-0.25, -0.2) is 14.4 Å². The molecule has 1 aliphatic rings. The molecule has 24 heavy (non-hydrogen) atoms. The standard InChI is InChI=1S/C17H11FN4O2/c18-9-5-6-10-12(7-9)17(24)22(16(10)23)8-14-20-13-4-2-1-3-11(13)15(19)21-14/h1-7H,8H2,(H2,19,20,21). The lowest BCUT2D eigenvalue weighted by molar-refractivity contribution is 0.0638. The number of nitrogen functional groups attached to an aromatic ring is 1. The number of carbonyl (C=O) groups excluding carboxylic acids is 2. The summed E-state index contributed by atoms with van der Waals surface area (Å²) < 4.78 is 13.3. The minimum Gasteiger partial charge on any atom is -0.383 e. The summed E-state index contributed by atoms with van der Waals surface area (Å²) in [6, 6.07) is 10.7. The number of aromatic nitrogens is 2. The quantitative estimate of drug-likeness (QED) is 0.730. The second-order valence-electron chi connectivity index (χ2n) is 5.43. The molecule has 118 valence electrons. The highest BCUT2D eigenvalue weighted by atomic mass is 19.1. The third kappa shape index (κ3) is 2.10. The van der Waals surface area contributed by atoms with Crippen LogP contribution in [0.4, 0.5) is 10.2 Å². The summed E-state index contributed by atoms with van der Waals surface area (Å²) in [5.74, 6) is -1.10. The van der Waals surface area contributed by atoms with E-state index < -0.39 is 17.6 Å². The van der Waals surface area contributed by atoms with Gasteiger partial charge in [-0.1, -0.05) is 12.1 Å². The molecule has 0 saturated carbocycles. The first-order valence-electron chi connectivity index (χ1n) is 7.21. The van der Waals surface area contributed by atoms with Crippen molar-refractivity contribution in [3.8, 4) is 0 Å². The Labute approximate surface area is 135 Å². The number of hydrogen-bond donors (Lipinski definition) is 1. The number of imide groups is 1. The van der Waals surface area contributed by atoms with E-state index in [-0.39, 0.29) is 29.3 Å². The van der Waals surface area contributed by atoms with Crippen molar-refractivity contribution >= 4 is 28.5 Å². The lowest BCUT2D eigenvalue weighted by Gasteiger charge is -2.13. The molecule has 0 fully saturated rings. The van der Waals surface area contributed by atoms with Crippen molar-refractivity contribution in [1.29, 1.82) is 0 Å². The van der Waals surface area contributed by atoms with Gasteiger partial charge in [0.05, 0.1) is 23.2 Å². The van der Waals surface area contributed by atoms with Crippen LogP contribution in [-0.2, 0) is 6.54 Å². The average Bonchev–Trinajstić information content (AvgIpc) is 2.79. The number of fused-ring (bicyclic) bond motifs is 2. The number of amides is 2. The van der Waals surface area contributed by atoms with Gasteiger partial charge in [-0.05, 0) is 30.3 Å². The van der Waals surface area contributed by atoms with Crippen molar-refractivity contribution in [2.45, 2.75) is 6.54 Å². The van der Waals surface area contributed by atoms with E-state index in [9.17, 15) is 14.0 Å². The molecule has 2 amide bonds. The van der Waals surface area contributed by atoms with Crippen molar-refractivity contribution in [3.63, 3.8) is 0 Å². The van der Waals surface area contributed by atoms with Crippen molar-refractivity contribution in [3.05, 3.63) is 65.2 Å². The molecule has 0 bridgehead atoms. The van der Waals surface area contributed by atoms with E-state index in [0.29, 0.717) is 10.9 Å². The van der Waals surface area contributed by atoms with Crippen LogP contribution in [0.15, 0.2) is 42.5 Å². The number of nitrogens with zero attached hydrogens (tertiary/aromatic N) is 3. The molecule has 3 aromatic rings. The Kier molecular flexibility index (Phi) is 3.02. The maximum atomic E-state index is 13.3. The summed E-state index contributed by atoms with van der Waals surface area (Å²) in [5, 5.41) is 0.700. The first-order chi connectivity index (χ1) is 11.5.